The lowest BCUT2D eigenvalue weighted by Crippen LogP contribution is -2.41. The highest BCUT2D eigenvalue weighted by Gasteiger charge is 2.25. The molecule has 7 nitrogen and oxygen atoms in total. The van der Waals surface area contributed by atoms with Crippen LogP contribution in [0.1, 0.15) is 41.8 Å². The molecule has 0 unspecified atom stereocenters. The number of hydrogen-bond acceptors (Lipinski definition) is 5. The predicted molar refractivity (Wildman–Crippen MR) is 95.1 cm³/mol. The first-order valence-corrected chi connectivity index (χ1v) is 8.90. The summed E-state index contributed by atoms with van der Waals surface area (Å²) in [5.74, 6) is 0.879. The fraction of sp³-hybridized carbons (Fsp3) is 0.474. The van der Waals surface area contributed by atoms with Gasteiger partial charge in [0.15, 0.2) is 0 Å². The SMILES string of the molecule is Cc1noc(C)c1CCC(=O)N(Cc1ccncc1)C[C@@H]1CCC(=O)N1. The molecule has 0 aliphatic carbocycles. The molecule has 3 rings (SSSR count). The van der Waals surface area contributed by atoms with E-state index in [4.69, 9.17) is 4.52 Å². The Labute approximate surface area is 152 Å². The highest BCUT2D eigenvalue weighted by molar-refractivity contribution is 5.79. The van der Waals surface area contributed by atoms with Crippen LogP contribution in [0.5, 0.6) is 0 Å². The maximum absolute atomic E-state index is 12.9. The molecule has 138 valence electrons. The molecule has 0 bridgehead atoms. The molecule has 7 heteroatoms. The second-order valence-corrected chi connectivity index (χ2v) is 6.74. The first-order chi connectivity index (χ1) is 12.5. The van der Waals surface area contributed by atoms with Gasteiger partial charge in [0.25, 0.3) is 0 Å². The van der Waals surface area contributed by atoms with Crippen LogP contribution in [0.2, 0.25) is 0 Å². The van der Waals surface area contributed by atoms with E-state index in [-0.39, 0.29) is 17.9 Å². The first-order valence-electron chi connectivity index (χ1n) is 8.90. The minimum absolute atomic E-state index is 0.0207. The Kier molecular flexibility index (Phi) is 5.65. The number of amides is 2. The number of carbonyl (C=O) groups excluding carboxylic acids is 2. The standard InChI is InChI=1S/C19H24N4O3/c1-13-17(14(2)26-22-13)4-6-19(25)23(11-15-7-9-20-10-8-15)12-16-3-5-18(24)21-16/h7-10,16H,3-6,11-12H2,1-2H3,(H,21,24)/t16-/m0/s1. The van der Waals surface area contributed by atoms with Gasteiger partial charge in [0.1, 0.15) is 5.76 Å². The lowest BCUT2D eigenvalue weighted by molar-refractivity contribution is -0.132. The third-order valence-electron chi connectivity index (χ3n) is 4.77. The van der Waals surface area contributed by atoms with Crippen molar-refractivity contribution in [1.82, 2.24) is 20.4 Å². The molecule has 0 aromatic carbocycles. The number of hydrogen-bond donors (Lipinski definition) is 1. The van der Waals surface area contributed by atoms with E-state index in [1.54, 1.807) is 12.4 Å². The van der Waals surface area contributed by atoms with Crippen molar-refractivity contribution in [3.8, 4) is 0 Å². The number of aromatic nitrogens is 2. The van der Waals surface area contributed by atoms with Gasteiger partial charge in [0, 0.05) is 49.9 Å². The summed E-state index contributed by atoms with van der Waals surface area (Å²) in [7, 11) is 0. The molecular formula is C19H24N4O3. The second-order valence-electron chi connectivity index (χ2n) is 6.74. The molecule has 1 atom stereocenters. The molecule has 2 aromatic rings. The molecule has 0 saturated carbocycles. The lowest BCUT2D eigenvalue weighted by Gasteiger charge is -2.26. The fourth-order valence-electron chi connectivity index (χ4n) is 3.29. The number of aryl methyl sites for hydroxylation is 2. The van der Waals surface area contributed by atoms with Crippen molar-refractivity contribution >= 4 is 11.8 Å². The molecule has 26 heavy (non-hydrogen) atoms. The first kappa shape index (κ1) is 18.1. The Morgan fingerprint density at radius 3 is 2.73 bits per heavy atom. The van der Waals surface area contributed by atoms with Crippen LogP contribution in [0.4, 0.5) is 0 Å². The van der Waals surface area contributed by atoms with Gasteiger partial charge >= 0.3 is 0 Å². The van der Waals surface area contributed by atoms with Crippen molar-refractivity contribution in [2.24, 2.45) is 0 Å². The van der Waals surface area contributed by atoms with E-state index in [1.807, 2.05) is 30.9 Å². The normalized spacial score (nSPS) is 16.5. The van der Waals surface area contributed by atoms with Crippen LogP contribution in [-0.4, -0.2) is 39.4 Å². The number of nitrogens with one attached hydrogen (secondary N) is 1. The molecule has 3 heterocycles. The summed E-state index contributed by atoms with van der Waals surface area (Å²) < 4.78 is 5.17. The van der Waals surface area contributed by atoms with Crippen LogP contribution in [-0.2, 0) is 22.6 Å². The third kappa shape index (κ3) is 4.47. The zero-order chi connectivity index (χ0) is 18.5. The van der Waals surface area contributed by atoms with Gasteiger partial charge < -0.3 is 14.7 Å². The zero-order valence-corrected chi connectivity index (χ0v) is 15.2. The van der Waals surface area contributed by atoms with E-state index in [0.717, 1.165) is 29.0 Å². The van der Waals surface area contributed by atoms with Gasteiger partial charge in [-0.3, -0.25) is 14.6 Å². The quantitative estimate of drug-likeness (QED) is 0.819. The molecule has 0 radical (unpaired) electrons. The maximum Gasteiger partial charge on any atom is 0.223 e. The minimum Gasteiger partial charge on any atom is -0.361 e. The van der Waals surface area contributed by atoms with Crippen molar-refractivity contribution in [2.75, 3.05) is 6.54 Å². The Hall–Kier alpha value is -2.70. The van der Waals surface area contributed by atoms with E-state index in [0.29, 0.717) is 32.4 Å². The Bertz CT molecular complexity index is 753. The monoisotopic (exact) mass is 356 g/mol. The van der Waals surface area contributed by atoms with Crippen LogP contribution in [0.3, 0.4) is 0 Å². The van der Waals surface area contributed by atoms with Gasteiger partial charge in [-0.05, 0) is 44.4 Å². The van der Waals surface area contributed by atoms with Gasteiger partial charge in [0.05, 0.1) is 5.69 Å². The van der Waals surface area contributed by atoms with Crippen molar-refractivity contribution in [3.63, 3.8) is 0 Å². The summed E-state index contributed by atoms with van der Waals surface area (Å²) in [6.45, 7) is 4.78. The van der Waals surface area contributed by atoms with E-state index in [9.17, 15) is 9.59 Å². The van der Waals surface area contributed by atoms with Crippen LogP contribution in [0, 0.1) is 13.8 Å². The maximum atomic E-state index is 12.9. The smallest absolute Gasteiger partial charge is 0.223 e. The molecule has 2 amide bonds. The number of rotatable bonds is 7. The van der Waals surface area contributed by atoms with E-state index < -0.39 is 0 Å². The summed E-state index contributed by atoms with van der Waals surface area (Å²) in [6.07, 6.45) is 5.72. The van der Waals surface area contributed by atoms with Gasteiger partial charge in [-0.25, -0.2) is 0 Å². The second kappa shape index (κ2) is 8.12. The number of carbonyl (C=O) groups is 2. The fourth-order valence-corrected chi connectivity index (χ4v) is 3.29. The summed E-state index contributed by atoms with van der Waals surface area (Å²) in [5, 5.41) is 6.89. The van der Waals surface area contributed by atoms with Crippen molar-refractivity contribution in [2.45, 2.75) is 52.1 Å². The van der Waals surface area contributed by atoms with Crippen LogP contribution >= 0.6 is 0 Å². The minimum atomic E-state index is 0.0207. The van der Waals surface area contributed by atoms with Crippen LogP contribution in [0.25, 0.3) is 0 Å². The molecule has 2 aromatic heterocycles. The largest absolute Gasteiger partial charge is 0.361 e. The van der Waals surface area contributed by atoms with Gasteiger partial charge in [-0.1, -0.05) is 5.16 Å². The topological polar surface area (TPSA) is 88.3 Å². The molecule has 1 fully saturated rings. The predicted octanol–water partition coefficient (Wildman–Crippen LogP) is 1.93. The zero-order valence-electron chi connectivity index (χ0n) is 15.2. The molecule has 1 aliphatic heterocycles. The van der Waals surface area contributed by atoms with Gasteiger partial charge in [-0.15, -0.1) is 0 Å². The molecule has 1 saturated heterocycles. The van der Waals surface area contributed by atoms with Crippen LogP contribution in [0.15, 0.2) is 29.0 Å². The lowest BCUT2D eigenvalue weighted by atomic mass is 10.1. The summed E-state index contributed by atoms with van der Waals surface area (Å²) >= 11 is 0. The number of nitrogens with zero attached hydrogens (tertiary/aromatic N) is 3. The average Bonchev–Trinajstić information content (AvgIpc) is 3.18. The Balaban J connectivity index is 1.66. The number of pyridine rings is 1. The van der Waals surface area contributed by atoms with Crippen molar-refractivity contribution in [3.05, 3.63) is 47.1 Å². The molecular weight excluding hydrogens is 332 g/mol. The molecule has 1 N–H and O–H groups in total. The Morgan fingerprint density at radius 2 is 2.12 bits per heavy atom. The molecule has 0 spiro atoms. The van der Waals surface area contributed by atoms with E-state index >= 15 is 0 Å². The van der Waals surface area contributed by atoms with Gasteiger partial charge in [-0.2, -0.15) is 0 Å². The third-order valence-corrected chi connectivity index (χ3v) is 4.77. The summed E-state index contributed by atoms with van der Waals surface area (Å²) in [6, 6.07) is 3.83. The average molecular weight is 356 g/mol. The highest BCUT2D eigenvalue weighted by Crippen LogP contribution is 2.17. The molecule has 1 aliphatic rings. The highest BCUT2D eigenvalue weighted by atomic mass is 16.5. The van der Waals surface area contributed by atoms with Gasteiger partial charge in [0.2, 0.25) is 11.8 Å². The van der Waals surface area contributed by atoms with Crippen molar-refractivity contribution in [1.29, 1.82) is 0 Å². The van der Waals surface area contributed by atoms with E-state index in [2.05, 4.69) is 15.5 Å². The summed E-state index contributed by atoms with van der Waals surface area (Å²) in [5.41, 5.74) is 2.85. The Morgan fingerprint density at radius 1 is 1.35 bits per heavy atom. The summed E-state index contributed by atoms with van der Waals surface area (Å²) in [4.78, 5) is 30.2. The van der Waals surface area contributed by atoms with Crippen LogP contribution < -0.4 is 5.32 Å². The van der Waals surface area contributed by atoms with E-state index in [1.165, 1.54) is 0 Å². The van der Waals surface area contributed by atoms with Crippen molar-refractivity contribution < 1.29 is 14.1 Å².